The van der Waals surface area contributed by atoms with Crippen LogP contribution >= 0.6 is 0 Å². The number of hydrogen-bond donors (Lipinski definition) is 0. The number of carbonyl (C=O) groups excluding carboxylic acids is 3. The highest BCUT2D eigenvalue weighted by molar-refractivity contribution is 5.70. The topological polar surface area (TPSA) is 85.4 Å². The fourth-order valence-electron chi connectivity index (χ4n) is 7.37. The van der Waals surface area contributed by atoms with Crippen molar-refractivity contribution in [3.05, 3.63) is 0 Å². The van der Waals surface area contributed by atoms with Crippen LogP contribution in [0, 0.1) is 0 Å². The Balaban J connectivity index is 4.03. The molecule has 0 aliphatic heterocycles. The molecular weight excluding hydrogens is 713 g/mol. The molecule has 0 aliphatic carbocycles. The molecule has 0 aromatic carbocycles. The molecule has 0 saturated carbocycles. The molecule has 0 atom stereocenters. The molecule has 0 aromatic heterocycles. The van der Waals surface area contributed by atoms with E-state index in [4.69, 9.17) is 14.2 Å². The Bertz CT molecular complexity index is 815. The summed E-state index contributed by atoms with van der Waals surface area (Å²) in [4.78, 5) is 41.2. The first-order valence-corrected chi connectivity index (χ1v) is 24.7. The third kappa shape index (κ3) is 45.3. The summed E-state index contributed by atoms with van der Waals surface area (Å²) < 4.78 is 16.5. The zero-order valence-electron chi connectivity index (χ0n) is 38.5. The van der Waals surface area contributed by atoms with E-state index in [1.54, 1.807) is 0 Å². The standard InChI is InChI=1S/C49H96N2O6/c1-5-7-9-11-13-15-17-19-21-23-25-27-29-31-33-37-47(52)55-44-35-40-51(42-39-49(54)57-46-43-50(3)4)41-36-45-56-48(53)38-34-32-30-28-26-24-22-20-18-16-14-12-10-8-6-2/h5-46H2,1-4H3. The van der Waals surface area contributed by atoms with Crippen LogP contribution in [-0.2, 0) is 28.6 Å². The Morgan fingerprint density at radius 1 is 0.316 bits per heavy atom. The van der Waals surface area contributed by atoms with Crippen molar-refractivity contribution in [3.63, 3.8) is 0 Å². The van der Waals surface area contributed by atoms with E-state index in [-0.39, 0.29) is 17.9 Å². The van der Waals surface area contributed by atoms with E-state index in [0.29, 0.717) is 78.1 Å². The molecule has 0 heterocycles. The van der Waals surface area contributed by atoms with Gasteiger partial charge in [0.05, 0.1) is 19.6 Å². The molecule has 8 nitrogen and oxygen atoms in total. The van der Waals surface area contributed by atoms with E-state index in [1.165, 1.54) is 167 Å². The second kappa shape index (κ2) is 45.4. The molecule has 0 amide bonds. The van der Waals surface area contributed by atoms with Gasteiger partial charge in [-0.05, 0) is 39.8 Å². The van der Waals surface area contributed by atoms with Crippen molar-refractivity contribution in [2.24, 2.45) is 0 Å². The van der Waals surface area contributed by atoms with Crippen LogP contribution in [0.3, 0.4) is 0 Å². The van der Waals surface area contributed by atoms with Crippen molar-refractivity contribution in [1.29, 1.82) is 0 Å². The number of unbranched alkanes of at least 4 members (excludes halogenated alkanes) is 28. The zero-order chi connectivity index (χ0) is 41.7. The van der Waals surface area contributed by atoms with Crippen molar-refractivity contribution in [2.75, 3.05) is 60.1 Å². The monoisotopic (exact) mass is 809 g/mol. The van der Waals surface area contributed by atoms with Gasteiger partial charge in [-0.3, -0.25) is 14.4 Å². The third-order valence-corrected chi connectivity index (χ3v) is 11.2. The van der Waals surface area contributed by atoms with E-state index in [2.05, 4.69) is 18.7 Å². The smallest absolute Gasteiger partial charge is 0.307 e. The first kappa shape index (κ1) is 55.3. The maximum absolute atomic E-state index is 12.3. The first-order valence-electron chi connectivity index (χ1n) is 24.7. The largest absolute Gasteiger partial charge is 0.466 e. The summed E-state index contributed by atoms with van der Waals surface area (Å²) in [6.07, 6.45) is 42.0. The minimum atomic E-state index is -0.202. The van der Waals surface area contributed by atoms with Crippen LogP contribution in [0.2, 0.25) is 0 Å². The Morgan fingerprint density at radius 3 is 0.912 bits per heavy atom. The number of nitrogens with zero attached hydrogens (tertiary/aromatic N) is 2. The molecule has 0 N–H and O–H groups in total. The lowest BCUT2D eigenvalue weighted by Gasteiger charge is -2.22. The second-order valence-corrected chi connectivity index (χ2v) is 17.2. The molecule has 8 heteroatoms. The highest BCUT2D eigenvalue weighted by Gasteiger charge is 2.12. The van der Waals surface area contributed by atoms with E-state index >= 15 is 0 Å². The molecule has 338 valence electrons. The van der Waals surface area contributed by atoms with Crippen LogP contribution in [-0.4, -0.2) is 87.8 Å². The second-order valence-electron chi connectivity index (χ2n) is 17.2. The fraction of sp³-hybridized carbons (Fsp3) is 0.939. The Kier molecular flexibility index (Phi) is 44.1. The fourth-order valence-corrected chi connectivity index (χ4v) is 7.37. The molecule has 0 aromatic rings. The minimum Gasteiger partial charge on any atom is -0.466 e. The number of likely N-dealkylation sites (N-methyl/N-ethyl adjacent to an activating group) is 1. The van der Waals surface area contributed by atoms with Crippen molar-refractivity contribution < 1.29 is 28.6 Å². The van der Waals surface area contributed by atoms with Gasteiger partial charge in [-0.15, -0.1) is 0 Å². The van der Waals surface area contributed by atoms with Crippen LogP contribution < -0.4 is 0 Å². The van der Waals surface area contributed by atoms with Crippen LogP contribution in [0.5, 0.6) is 0 Å². The van der Waals surface area contributed by atoms with Crippen LogP contribution in [0.4, 0.5) is 0 Å². The molecule has 0 fully saturated rings. The molecule has 0 radical (unpaired) electrons. The summed E-state index contributed by atoms with van der Waals surface area (Å²) in [5.74, 6) is -0.421. The van der Waals surface area contributed by atoms with Gasteiger partial charge < -0.3 is 24.0 Å². The Morgan fingerprint density at radius 2 is 0.596 bits per heavy atom. The summed E-state index contributed by atoms with van der Waals surface area (Å²) in [7, 11) is 3.91. The van der Waals surface area contributed by atoms with Crippen molar-refractivity contribution in [3.8, 4) is 0 Å². The number of rotatable bonds is 46. The zero-order valence-corrected chi connectivity index (χ0v) is 38.5. The summed E-state index contributed by atoms with van der Waals surface area (Å²) in [6, 6.07) is 0. The normalized spacial score (nSPS) is 11.5. The van der Waals surface area contributed by atoms with Gasteiger partial charge in [0.15, 0.2) is 0 Å². The number of esters is 3. The first-order chi connectivity index (χ1) is 27.9. The average molecular weight is 809 g/mol. The lowest BCUT2D eigenvalue weighted by molar-refractivity contribution is -0.144. The van der Waals surface area contributed by atoms with Gasteiger partial charge >= 0.3 is 17.9 Å². The van der Waals surface area contributed by atoms with Gasteiger partial charge in [0.2, 0.25) is 0 Å². The number of carbonyl (C=O) groups is 3. The SMILES string of the molecule is CCCCCCCCCCCCCCCCCC(=O)OCCCN(CCCOC(=O)CCCCCCCCCCCCCCCCC)CCC(=O)OCCN(C)C. The van der Waals surface area contributed by atoms with Gasteiger partial charge in [-0.25, -0.2) is 0 Å². The van der Waals surface area contributed by atoms with Gasteiger partial charge in [0.1, 0.15) is 6.61 Å². The summed E-state index contributed by atoms with van der Waals surface area (Å²) in [6.45, 7) is 8.40. The van der Waals surface area contributed by atoms with Crippen molar-refractivity contribution >= 4 is 17.9 Å². The minimum absolute atomic E-state index is 0.110. The van der Waals surface area contributed by atoms with E-state index in [0.717, 1.165) is 25.7 Å². The lowest BCUT2D eigenvalue weighted by atomic mass is 10.0. The maximum Gasteiger partial charge on any atom is 0.307 e. The highest BCUT2D eigenvalue weighted by atomic mass is 16.5. The summed E-state index contributed by atoms with van der Waals surface area (Å²) in [5, 5.41) is 0. The van der Waals surface area contributed by atoms with Crippen LogP contribution in [0.1, 0.15) is 239 Å². The molecule has 0 unspecified atom stereocenters. The predicted molar refractivity (Wildman–Crippen MR) is 241 cm³/mol. The quantitative estimate of drug-likeness (QED) is 0.0341. The lowest BCUT2D eigenvalue weighted by Crippen LogP contribution is -2.31. The van der Waals surface area contributed by atoms with E-state index in [9.17, 15) is 14.4 Å². The van der Waals surface area contributed by atoms with E-state index < -0.39 is 0 Å². The number of ether oxygens (including phenoxy) is 3. The van der Waals surface area contributed by atoms with Gasteiger partial charge in [0, 0.05) is 39.0 Å². The number of hydrogen-bond acceptors (Lipinski definition) is 8. The molecule has 0 rings (SSSR count). The summed E-state index contributed by atoms with van der Waals surface area (Å²) >= 11 is 0. The molecule has 0 bridgehead atoms. The third-order valence-electron chi connectivity index (χ3n) is 11.2. The predicted octanol–water partition coefficient (Wildman–Crippen LogP) is 13.2. The molecule has 57 heavy (non-hydrogen) atoms. The molecule has 0 aliphatic rings. The van der Waals surface area contributed by atoms with Gasteiger partial charge in [-0.2, -0.15) is 0 Å². The van der Waals surface area contributed by atoms with Gasteiger partial charge in [-0.1, -0.05) is 194 Å². The highest BCUT2D eigenvalue weighted by Crippen LogP contribution is 2.16. The van der Waals surface area contributed by atoms with E-state index in [1.807, 2.05) is 19.0 Å². The molecular formula is C49H96N2O6. The Hall–Kier alpha value is -1.67. The van der Waals surface area contributed by atoms with Crippen LogP contribution in [0.15, 0.2) is 0 Å². The van der Waals surface area contributed by atoms with Gasteiger partial charge in [0.25, 0.3) is 0 Å². The Labute approximate surface area is 354 Å². The van der Waals surface area contributed by atoms with Crippen molar-refractivity contribution in [2.45, 2.75) is 239 Å². The van der Waals surface area contributed by atoms with Crippen LogP contribution in [0.25, 0.3) is 0 Å². The maximum atomic E-state index is 12.3. The summed E-state index contributed by atoms with van der Waals surface area (Å²) in [5.41, 5.74) is 0. The average Bonchev–Trinajstić information content (AvgIpc) is 3.19. The van der Waals surface area contributed by atoms with Crippen molar-refractivity contribution in [1.82, 2.24) is 9.80 Å². The molecule has 0 spiro atoms. The molecule has 0 saturated heterocycles.